The molecule has 0 bridgehead atoms. The van der Waals surface area contributed by atoms with Gasteiger partial charge in [0.25, 0.3) is 0 Å². The van der Waals surface area contributed by atoms with Crippen molar-refractivity contribution in [1.82, 2.24) is 0 Å². The van der Waals surface area contributed by atoms with Crippen molar-refractivity contribution in [3.05, 3.63) is 24.3 Å². The summed E-state index contributed by atoms with van der Waals surface area (Å²) < 4.78 is 11.7. The zero-order valence-corrected chi connectivity index (χ0v) is 15.9. The summed E-state index contributed by atoms with van der Waals surface area (Å²) in [7, 11) is 0. The SMILES string of the molecule is CCCCCCCCOc1[c]cc[c]c1OCCCCCCCC. The summed E-state index contributed by atoms with van der Waals surface area (Å²) in [6, 6.07) is 9.96. The van der Waals surface area contributed by atoms with Gasteiger partial charge < -0.3 is 9.47 Å². The number of hydrogen-bond acceptors (Lipinski definition) is 2. The highest BCUT2D eigenvalue weighted by Gasteiger charge is 2.05. The van der Waals surface area contributed by atoms with Gasteiger partial charge in [0.15, 0.2) is 11.5 Å². The van der Waals surface area contributed by atoms with Crippen LogP contribution >= 0.6 is 0 Å². The van der Waals surface area contributed by atoms with E-state index in [2.05, 4.69) is 26.0 Å². The predicted octanol–water partition coefficient (Wildman–Crippen LogP) is 6.77. The molecule has 0 amide bonds. The second-order valence-electron chi connectivity index (χ2n) is 6.51. The lowest BCUT2D eigenvalue weighted by Gasteiger charge is -2.12. The average molecular weight is 333 g/mol. The van der Waals surface area contributed by atoms with E-state index in [9.17, 15) is 0 Å². The van der Waals surface area contributed by atoms with E-state index in [1.54, 1.807) is 0 Å². The Morgan fingerprint density at radius 3 is 1.38 bits per heavy atom. The monoisotopic (exact) mass is 332 g/mol. The van der Waals surface area contributed by atoms with Crippen LogP contribution in [-0.4, -0.2) is 13.2 Å². The molecule has 0 aliphatic carbocycles. The van der Waals surface area contributed by atoms with Crippen LogP contribution in [0.5, 0.6) is 11.5 Å². The van der Waals surface area contributed by atoms with E-state index in [-0.39, 0.29) is 0 Å². The molecule has 1 rings (SSSR count). The summed E-state index contributed by atoms with van der Waals surface area (Å²) in [6.45, 7) is 5.98. The van der Waals surface area contributed by atoms with Crippen molar-refractivity contribution in [2.75, 3.05) is 13.2 Å². The first kappa shape index (κ1) is 20.9. The molecule has 1 aromatic rings. The Bertz CT molecular complexity index is 352. The van der Waals surface area contributed by atoms with Gasteiger partial charge in [-0.05, 0) is 25.0 Å². The molecule has 2 radical (unpaired) electrons. The van der Waals surface area contributed by atoms with Crippen LogP contribution in [0.25, 0.3) is 0 Å². The number of ether oxygens (including phenoxy) is 2. The minimum Gasteiger partial charge on any atom is -0.489 e. The third-order valence-corrected chi connectivity index (χ3v) is 4.21. The Morgan fingerprint density at radius 2 is 0.958 bits per heavy atom. The van der Waals surface area contributed by atoms with Crippen LogP contribution in [0, 0.1) is 12.1 Å². The zero-order chi connectivity index (χ0) is 17.3. The first-order chi connectivity index (χ1) is 11.9. The first-order valence-corrected chi connectivity index (χ1v) is 10.1. The Kier molecular flexibility index (Phi) is 13.3. The minimum absolute atomic E-state index is 0.719. The summed E-state index contributed by atoms with van der Waals surface area (Å²) >= 11 is 0. The van der Waals surface area contributed by atoms with Crippen LogP contribution < -0.4 is 9.47 Å². The van der Waals surface area contributed by atoms with Crippen LogP contribution in [0.4, 0.5) is 0 Å². The molecule has 0 fully saturated rings. The van der Waals surface area contributed by atoms with Gasteiger partial charge in [-0.3, -0.25) is 0 Å². The lowest BCUT2D eigenvalue weighted by atomic mass is 10.1. The van der Waals surface area contributed by atoms with Gasteiger partial charge in [0, 0.05) is 12.1 Å². The van der Waals surface area contributed by atoms with E-state index in [1.165, 1.54) is 64.2 Å². The molecule has 0 atom stereocenters. The van der Waals surface area contributed by atoms with Crippen molar-refractivity contribution in [2.24, 2.45) is 0 Å². The molecule has 0 saturated heterocycles. The molecular formula is C22H36O2. The Morgan fingerprint density at radius 1 is 0.583 bits per heavy atom. The molecule has 24 heavy (non-hydrogen) atoms. The van der Waals surface area contributed by atoms with E-state index in [0.717, 1.165) is 37.6 Å². The minimum atomic E-state index is 0.719. The van der Waals surface area contributed by atoms with Crippen molar-refractivity contribution in [2.45, 2.75) is 90.9 Å². The van der Waals surface area contributed by atoms with Crippen LogP contribution in [0.1, 0.15) is 90.9 Å². The third-order valence-electron chi connectivity index (χ3n) is 4.21. The number of hydrogen-bond donors (Lipinski definition) is 0. The van der Waals surface area contributed by atoms with Crippen LogP contribution in [0.15, 0.2) is 12.1 Å². The van der Waals surface area contributed by atoms with Crippen molar-refractivity contribution < 1.29 is 9.47 Å². The molecule has 0 aromatic heterocycles. The van der Waals surface area contributed by atoms with Crippen molar-refractivity contribution in [3.8, 4) is 11.5 Å². The summed E-state index contributed by atoms with van der Waals surface area (Å²) in [6.07, 6.45) is 15.3. The maximum atomic E-state index is 5.84. The summed E-state index contributed by atoms with van der Waals surface area (Å²) in [5, 5.41) is 0. The van der Waals surface area contributed by atoms with Crippen molar-refractivity contribution >= 4 is 0 Å². The standard InChI is InChI=1S/C22H36O2/c1-3-5-7-9-11-15-19-23-21-17-13-14-18-22(21)24-20-16-12-10-8-6-4-2/h13-14H,3-12,15-16,19-20H2,1-2H3. The Balaban J connectivity index is 2.14. The quantitative estimate of drug-likeness (QED) is 0.311. The molecule has 136 valence electrons. The van der Waals surface area contributed by atoms with Gasteiger partial charge in [0.05, 0.1) is 13.2 Å². The molecule has 2 nitrogen and oxygen atoms in total. The lowest BCUT2D eigenvalue weighted by Crippen LogP contribution is -2.03. The van der Waals surface area contributed by atoms with Gasteiger partial charge >= 0.3 is 0 Å². The largest absolute Gasteiger partial charge is 0.489 e. The molecule has 1 aromatic carbocycles. The molecule has 0 unspecified atom stereocenters. The summed E-state index contributed by atoms with van der Waals surface area (Å²) in [4.78, 5) is 0. The van der Waals surface area contributed by atoms with E-state index >= 15 is 0 Å². The smallest absolute Gasteiger partial charge is 0.169 e. The fourth-order valence-electron chi connectivity index (χ4n) is 2.69. The van der Waals surface area contributed by atoms with Crippen LogP contribution in [-0.2, 0) is 0 Å². The highest BCUT2D eigenvalue weighted by Crippen LogP contribution is 2.25. The molecule has 0 spiro atoms. The first-order valence-electron chi connectivity index (χ1n) is 10.1. The normalized spacial score (nSPS) is 10.8. The van der Waals surface area contributed by atoms with Gasteiger partial charge in [-0.25, -0.2) is 0 Å². The summed E-state index contributed by atoms with van der Waals surface area (Å²) in [5.41, 5.74) is 0. The van der Waals surface area contributed by atoms with E-state index < -0.39 is 0 Å². The van der Waals surface area contributed by atoms with Crippen LogP contribution in [0.2, 0.25) is 0 Å². The molecule has 0 saturated carbocycles. The van der Waals surface area contributed by atoms with Gasteiger partial charge in [0.2, 0.25) is 0 Å². The Hall–Kier alpha value is -1.18. The average Bonchev–Trinajstić information content (AvgIpc) is 2.61. The molecule has 0 heterocycles. The van der Waals surface area contributed by atoms with Crippen LogP contribution in [0.3, 0.4) is 0 Å². The molecule has 0 aliphatic heterocycles. The van der Waals surface area contributed by atoms with Crippen molar-refractivity contribution in [1.29, 1.82) is 0 Å². The molecule has 0 aliphatic rings. The van der Waals surface area contributed by atoms with Gasteiger partial charge in [0.1, 0.15) is 0 Å². The Labute approximate surface area is 149 Å². The molecule has 2 heteroatoms. The predicted molar refractivity (Wildman–Crippen MR) is 102 cm³/mol. The van der Waals surface area contributed by atoms with Gasteiger partial charge in [-0.15, -0.1) is 0 Å². The van der Waals surface area contributed by atoms with Gasteiger partial charge in [-0.1, -0.05) is 78.1 Å². The lowest BCUT2D eigenvalue weighted by molar-refractivity contribution is 0.257. The molecular weight excluding hydrogens is 296 g/mol. The fourth-order valence-corrected chi connectivity index (χ4v) is 2.69. The van der Waals surface area contributed by atoms with E-state index in [1.807, 2.05) is 12.1 Å². The second kappa shape index (κ2) is 15.4. The number of unbranched alkanes of at least 4 members (excludes halogenated alkanes) is 10. The highest BCUT2D eigenvalue weighted by molar-refractivity contribution is 5.37. The topological polar surface area (TPSA) is 18.5 Å². The number of rotatable bonds is 16. The fraction of sp³-hybridized carbons (Fsp3) is 0.727. The maximum Gasteiger partial charge on any atom is 0.169 e. The van der Waals surface area contributed by atoms with Crippen molar-refractivity contribution in [3.63, 3.8) is 0 Å². The van der Waals surface area contributed by atoms with E-state index in [0.29, 0.717) is 0 Å². The third kappa shape index (κ3) is 10.6. The number of benzene rings is 1. The van der Waals surface area contributed by atoms with Gasteiger partial charge in [-0.2, -0.15) is 0 Å². The van der Waals surface area contributed by atoms with E-state index in [4.69, 9.17) is 9.47 Å². The highest BCUT2D eigenvalue weighted by atomic mass is 16.5. The maximum absolute atomic E-state index is 5.84. The zero-order valence-electron chi connectivity index (χ0n) is 15.9. The summed E-state index contributed by atoms with van der Waals surface area (Å²) in [5.74, 6) is 1.44. The molecule has 0 N–H and O–H groups in total. The second-order valence-corrected chi connectivity index (χ2v) is 6.51.